The quantitative estimate of drug-likeness (QED) is 0.244. The van der Waals surface area contributed by atoms with Gasteiger partial charge in [-0.1, -0.05) is 0 Å². The predicted octanol–water partition coefficient (Wildman–Crippen LogP) is -1.93. The van der Waals surface area contributed by atoms with Gasteiger partial charge in [-0.3, -0.25) is 0 Å². The van der Waals surface area contributed by atoms with Gasteiger partial charge < -0.3 is 19.2 Å². The van der Waals surface area contributed by atoms with Crippen molar-refractivity contribution < 1.29 is 19.2 Å². The zero-order chi connectivity index (χ0) is 12.6. The molecule has 0 aromatic carbocycles. The van der Waals surface area contributed by atoms with Crippen molar-refractivity contribution in [1.82, 2.24) is 0 Å². The van der Waals surface area contributed by atoms with E-state index in [-0.39, 0.29) is 0 Å². The minimum Gasteiger partial charge on any atom is -0.822 e. The van der Waals surface area contributed by atoms with Crippen LogP contribution in [0.15, 0.2) is 21.4 Å². The van der Waals surface area contributed by atoms with Gasteiger partial charge in [-0.2, -0.15) is 7.82 Å². The molecule has 0 aliphatic rings. The summed E-state index contributed by atoms with van der Waals surface area (Å²) in [5.74, 6) is 0. The van der Waals surface area contributed by atoms with Crippen LogP contribution in [0.1, 0.15) is 0 Å². The van der Waals surface area contributed by atoms with Gasteiger partial charge in [-0.15, -0.1) is 0 Å². The van der Waals surface area contributed by atoms with Crippen LogP contribution in [0.25, 0.3) is 0 Å². The second kappa shape index (κ2) is 25.8. The number of rotatable bonds is 0. The molecule has 0 saturated carbocycles. The van der Waals surface area contributed by atoms with Crippen molar-refractivity contribution in [3.8, 4) is 0 Å². The van der Waals surface area contributed by atoms with Crippen molar-refractivity contribution in [3.05, 3.63) is 21.4 Å². The van der Waals surface area contributed by atoms with Crippen molar-refractivity contribution in [2.75, 3.05) is 0 Å². The number of phosphoric acid groups is 1. The van der Waals surface area contributed by atoms with Gasteiger partial charge in [0, 0.05) is 0 Å². The zero-order valence-electron chi connectivity index (χ0n) is 8.05. The summed E-state index contributed by atoms with van der Waals surface area (Å²) in [7, 11) is -5.39. The largest absolute Gasteiger partial charge is 0.822 e. The maximum atomic E-state index is 8.55. The minimum atomic E-state index is -5.39. The van der Waals surface area contributed by atoms with E-state index in [1.165, 1.54) is 0 Å². The topological polar surface area (TPSA) is 86.2 Å². The molecule has 0 saturated heterocycles. The smallest absolute Gasteiger partial charge is 0.159 e. The Bertz CT molecular complexity index is 146. The summed E-state index contributed by atoms with van der Waals surface area (Å²) in [6.45, 7) is 10.3. The molecule has 0 radical (unpaired) electrons. The normalized spacial score (nSPS) is 7.21. The standard InChI is InChI=1S/3C2H3.3Ba.H3O4P/c3*1-2;;;;1-5(2,3)4/h3*1H,2H2;;;;(H3,1,2,3,4)/q;;;3*+1;/p-3. The molecule has 0 spiro atoms. The maximum Gasteiger partial charge on any atom is -0.159 e. The molecule has 0 N–H and O–H groups in total. The first-order chi connectivity index (χ1) is 6.24. The summed E-state index contributed by atoms with van der Waals surface area (Å²) >= 11 is 2.49. The first-order valence-electron chi connectivity index (χ1n) is 3.18. The summed E-state index contributed by atoms with van der Waals surface area (Å²) in [5, 5.41) is 0. The van der Waals surface area contributed by atoms with Gasteiger partial charge in [0.2, 0.25) is 0 Å². The molecule has 0 unspecified atom stereocenters. The van der Waals surface area contributed by atoms with Gasteiger partial charge in [0.25, 0.3) is 0 Å². The van der Waals surface area contributed by atoms with Crippen LogP contribution in [0.4, 0.5) is 0 Å². The van der Waals surface area contributed by atoms with Crippen LogP contribution < -0.4 is 14.7 Å². The molecule has 0 aromatic heterocycles. The molecular formula is C6H9Ba3O4P. The van der Waals surface area contributed by atoms with Crippen LogP contribution in [0.5, 0.6) is 0 Å². The Labute approximate surface area is 182 Å². The summed E-state index contributed by atoms with van der Waals surface area (Å²) in [6, 6.07) is 0. The SMILES string of the molecule is C=[CH][Ba+].C=[CH][Ba+].C=[CH][Ba+].O=P([O-])([O-])[O-]. The maximum absolute atomic E-state index is 8.55. The minimum absolute atomic E-state index is 0.830. The van der Waals surface area contributed by atoms with Crippen molar-refractivity contribution in [3.63, 3.8) is 0 Å². The average Bonchev–Trinajstić information content (AvgIpc) is 1.86. The van der Waals surface area contributed by atoms with Crippen LogP contribution >= 0.6 is 7.82 Å². The van der Waals surface area contributed by atoms with E-state index in [9.17, 15) is 0 Å². The van der Waals surface area contributed by atoms with Crippen LogP contribution in [-0.4, -0.2) is 140 Å². The zero-order valence-corrected chi connectivity index (χ0v) is 22.3. The molecule has 14 heavy (non-hydrogen) atoms. The predicted molar refractivity (Wildman–Crippen MR) is 55.5 cm³/mol. The second-order valence-electron chi connectivity index (χ2n) is 1.31. The molecule has 4 nitrogen and oxygen atoms in total. The molecule has 0 bridgehead atoms. The first kappa shape index (κ1) is 26.6. The van der Waals surface area contributed by atoms with E-state index in [0.717, 1.165) is 140 Å². The molecule has 68 valence electrons. The van der Waals surface area contributed by atoms with Crippen molar-refractivity contribution >= 4 is 147 Å². The summed E-state index contributed by atoms with van der Waals surface area (Å²) < 4.78 is 14.4. The van der Waals surface area contributed by atoms with Crippen molar-refractivity contribution in [2.45, 2.75) is 0 Å². The average molecular weight is 588 g/mol. The molecule has 0 amide bonds. The third-order valence-corrected chi connectivity index (χ3v) is 0. The Hall–Kier alpha value is 4.04. The van der Waals surface area contributed by atoms with Crippen LogP contribution in [-0.2, 0) is 4.57 Å². The molecule has 0 heterocycles. The van der Waals surface area contributed by atoms with Gasteiger partial charge >= 0.3 is 161 Å². The summed E-state index contributed by atoms with van der Waals surface area (Å²) in [4.78, 5) is 25.6. The van der Waals surface area contributed by atoms with E-state index < -0.39 is 7.82 Å². The Morgan fingerprint density at radius 3 is 0.857 bits per heavy atom. The van der Waals surface area contributed by atoms with Gasteiger partial charge in [0.1, 0.15) is 0 Å². The van der Waals surface area contributed by atoms with E-state index in [4.69, 9.17) is 19.2 Å². The van der Waals surface area contributed by atoms with Gasteiger partial charge in [-0.05, 0) is 0 Å². The van der Waals surface area contributed by atoms with Crippen LogP contribution in [0.2, 0.25) is 0 Å². The molecule has 0 aliphatic heterocycles. The molecule has 0 atom stereocenters. The molecule has 0 aromatic rings. The Balaban J connectivity index is -0.0000000495. The van der Waals surface area contributed by atoms with Gasteiger partial charge in [0.15, 0.2) is 0 Å². The molecule has 0 aliphatic carbocycles. The second-order valence-corrected chi connectivity index (χ2v) is 7.65. The van der Waals surface area contributed by atoms with Gasteiger partial charge in [0.05, 0.1) is 0 Å². The van der Waals surface area contributed by atoms with Crippen molar-refractivity contribution in [2.24, 2.45) is 0 Å². The van der Waals surface area contributed by atoms with Crippen LogP contribution in [0.3, 0.4) is 0 Å². The number of hydrogen-bond acceptors (Lipinski definition) is 4. The van der Waals surface area contributed by atoms with Crippen LogP contribution in [0, 0.1) is 0 Å². The fourth-order valence-electron chi connectivity index (χ4n) is 0. The fraction of sp³-hybridized carbons (Fsp3) is 0. The van der Waals surface area contributed by atoms with Crippen molar-refractivity contribution in [1.29, 1.82) is 0 Å². The Kier molecular flexibility index (Phi) is 48.9. The third kappa shape index (κ3) is 222. The molecular weight excluding hydrogens is 579 g/mol. The van der Waals surface area contributed by atoms with E-state index in [1.54, 1.807) is 0 Å². The first-order valence-corrected chi connectivity index (χ1v) is 12.3. The number of hydrogen-bond donors (Lipinski definition) is 0. The molecule has 0 fully saturated rings. The van der Waals surface area contributed by atoms with Gasteiger partial charge in [-0.25, -0.2) is 0 Å². The molecule has 0 rings (SSSR count). The Morgan fingerprint density at radius 1 is 0.857 bits per heavy atom. The summed E-state index contributed by atoms with van der Waals surface area (Å²) in [6.07, 6.45) is 0. The van der Waals surface area contributed by atoms with E-state index in [1.807, 2.05) is 1.63 Å². The van der Waals surface area contributed by atoms with E-state index in [2.05, 4.69) is 19.7 Å². The monoisotopic (exact) mass is 590 g/mol. The Morgan fingerprint density at radius 2 is 0.857 bits per heavy atom. The molecule has 8 heteroatoms. The third-order valence-electron chi connectivity index (χ3n) is 0. The summed E-state index contributed by atoms with van der Waals surface area (Å²) in [5.41, 5.74) is 0. The van der Waals surface area contributed by atoms with E-state index >= 15 is 0 Å². The fourth-order valence-corrected chi connectivity index (χ4v) is 0. The van der Waals surface area contributed by atoms with E-state index in [0.29, 0.717) is 0 Å².